The van der Waals surface area contributed by atoms with Crippen LogP contribution in [-0.2, 0) is 4.74 Å². The minimum atomic E-state index is 0.0540. The summed E-state index contributed by atoms with van der Waals surface area (Å²) in [6.07, 6.45) is 30.6. The van der Waals surface area contributed by atoms with Crippen molar-refractivity contribution in [3.05, 3.63) is 24.3 Å². The lowest BCUT2D eigenvalue weighted by Crippen LogP contribution is -2.53. The lowest BCUT2D eigenvalue weighted by molar-refractivity contribution is -0.137. The fourth-order valence-electron chi connectivity index (χ4n) is 6.72. The normalized spacial score (nSPS) is 24.8. The largest absolute Gasteiger partial charge is 0.377 e. The van der Waals surface area contributed by atoms with Crippen molar-refractivity contribution in [3.8, 4) is 0 Å². The van der Waals surface area contributed by atoms with E-state index < -0.39 is 0 Å². The highest BCUT2D eigenvalue weighted by Gasteiger charge is 2.52. The van der Waals surface area contributed by atoms with E-state index in [-0.39, 0.29) is 5.60 Å². The van der Waals surface area contributed by atoms with Crippen molar-refractivity contribution in [2.75, 3.05) is 7.11 Å². The number of hydrogen-bond donors (Lipinski definition) is 0. The molecule has 0 saturated heterocycles. The van der Waals surface area contributed by atoms with E-state index in [1.807, 2.05) is 7.11 Å². The molecule has 0 amide bonds. The highest BCUT2D eigenvalue weighted by Crippen LogP contribution is 2.53. The van der Waals surface area contributed by atoms with Crippen LogP contribution in [0.2, 0.25) is 0 Å². The van der Waals surface area contributed by atoms with Gasteiger partial charge in [-0.3, -0.25) is 0 Å². The lowest BCUT2D eigenvalue weighted by Gasteiger charge is -2.50. The van der Waals surface area contributed by atoms with E-state index in [9.17, 15) is 0 Å². The second kappa shape index (κ2) is 10.8. The van der Waals surface area contributed by atoms with Crippen LogP contribution in [0.4, 0.5) is 0 Å². The molecular weight excluding hydrogens is 328 g/mol. The molecule has 0 aromatic heterocycles. The van der Waals surface area contributed by atoms with E-state index in [1.165, 1.54) is 96.3 Å². The molecule has 154 valence electrons. The average Bonchev–Trinajstić information content (AvgIpc) is 3.46. The Kier molecular flexibility index (Phi) is 8.49. The van der Waals surface area contributed by atoms with Crippen LogP contribution in [-0.4, -0.2) is 12.7 Å². The van der Waals surface area contributed by atoms with Crippen LogP contribution >= 0.6 is 0 Å². The average molecular weight is 373 g/mol. The molecule has 2 fully saturated rings. The Hall–Kier alpha value is -0.560. The summed E-state index contributed by atoms with van der Waals surface area (Å²) in [5.74, 6) is 2.89. The number of hydrogen-bond acceptors (Lipinski definition) is 1. The molecule has 0 aromatic carbocycles. The predicted molar refractivity (Wildman–Crippen MR) is 117 cm³/mol. The van der Waals surface area contributed by atoms with E-state index in [0.29, 0.717) is 5.92 Å². The first kappa shape index (κ1) is 21.2. The first-order valence-electron chi connectivity index (χ1n) is 12.2. The zero-order valence-corrected chi connectivity index (χ0v) is 18.1. The van der Waals surface area contributed by atoms with Crippen molar-refractivity contribution in [2.24, 2.45) is 23.7 Å². The molecule has 3 aliphatic carbocycles. The number of unbranched alkanes of at least 4 members (excludes halogenated alkanes) is 5. The van der Waals surface area contributed by atoms with Gasteiger partial charge in [-0.2, -0.15) is 0 Å². The molecule has 0 bridgehead atoms. The molecule has 0 spiro atoms. The molecule has 3 rings (SSSR count). The zero-order chi connectivity index (χ0) is 19.0. The topological polar surface area (TPSA) is 9.23 Å². The third-order valence-corrected chi connectivity index (χ3v) is 8.03. The molecule has 0 heterocycles. The molecule has 0 radical (unpaired) electrons. The lowest BCUT2D eigenvalue weighted by atomic mass is 9.62. The molecule has 2 atom stereocenters. The zero-order valence-electron chi connectivity index (χ0n) is 18.1. The molecular formula is C26H44O. The monoisotopic (exact) mass is 372 g/mol. The van der Waals surface area contributed by atoms with E-state index >= 15 is 0 Å². The van der Waals surface area contributed by atoms with Crippen molar-refractivity contribution in [2.45, 2.75) is 109 Å². The van der Waals surface area contributed by atoms with E-state index in [4.69, 9.17) is 4.74 Å². The van der Waals surface area contributed by atoms with Gasteiger partial charge in [0.2, 0.25) is 0 Å². The predicted octanol–water partition coefficient (Wildman–Crippen LogP) is 7.86. The van der Waals surface area contributed by atoms with Gasteiger partial charge in [0.25, 0.3) is 0 Å². The van der Waals surface area contributed by atoms with Gasteiger partial charge < -0.3 is 4.74 Å². The second-order valence-electron chi connectivity index (χ2n) is 9.54. The number of methoxy groups -OCH3 is 1. The van der Waals surface area contributed by atoms with Crippen molar-refractivity contribution in [1.82, 2.24) is 0 Å². The van der Waals surface area contributed by atoms with Crippen molar-refractivity contribution < 1.29 is 4.74 Å². The third kappa shape index (κ3) is 4.89. The number of rotatable bonds is 12. The molecule has 1 nitrogen and oxygen atoms in total. The van der Waals surface area contributed by atoms with Crippen molar-refractivity contribution in [3.63, 3.8) is 0 Å². The molecule has 0 N–H and O–H groups in total. The van der Waals surface area contributed by atoms with Gasteiger partial charge in [-0.15, -0.1) is 0 Å². The first-order valence-corrected chi connectivity index (χ1v) is 12.2. The van der Waals surface area contributed by atoms with Crippen LogP contribution in [0.5, 0.6) is 0 Å². The molecule has 2 unspecified atom stereocenters. The van der Waals surface area contributed by atoms with Crippen LogP contribution in [0, 0.1) is 23.7 Å². The Morgan fingerprint density at radius 2 is 1.44 bits per heavy atom. The number of ether oxygens (including phenoxy) is 1. The Bertz CT molecular complexity index is 455. The van der Waals surface area contributed by atoms with E-state index in [2.05, 4.69) is 31.2 Å². The van der Waals surface area contributed by atoms with Crippen LogP contribution in [0.25, 0.3) is 0 Å². The second-order valence-corrected chi connectivity index (χ2v) is 9.54. The standard InChI is InChI=1S/C26H44O/c1-3-4-5-6-7-8-21-25(22-15-9-10-16-22)26(27-2,23-17-11-12-18-23)24-19-13-14-20-24/h11-12,17-18,22-25H,3-10,13-16,19-21H2,1-2H3. The summed E-state index contributed by atoms with van der Waals surface area (Å²) < 4.78 is 6.67. The Balaban J connectivity index is 1.76. The van der Waals surface area contributed by atoms with Gasteiger partial charge in [-0.25, -0.2) is 0 Å². The molecule has 2 saturated carbocycles. The number of allylic oxidation sites excluding steroid dienone is 2. The maximum atomic E-state index is 6.67. The highest BCUT2D eigenvalue weighted by molar-refractivity contribution is 5.24. The smallest absolute Gasteiger partial charge is 0.0834 e. The van der Waals surface area contributed by atoms with Crippen LogP contribution in [0.3, 0.4) is 0 Å². The fraction of sp³-hybridized carbons (Fsp3) is 0.846. The minimum Gasteiger partial charge on any atom is -0.377 e. The maximum Gasteiger partial charge on any atom is 0.0834 e. The Labute approximate surface area is 169 Å². The fourth-order valence-corrected chi connectivity index (χ4v) is 6.72. The summed E-state index contributed by atoms with van der Waals surface area (Å²) in [7, 11) is 2.04. The first-order chi connectivity index (χ1) is 13.3. The molecule has 0 aliphatic heterocycles. The molecule has 27 heavy (non-hydrogen) atoms. The van der Waals surface area contributed by atoms with Crippen LogP contribution < -0.4 is 0 Å². The minimum absolute atomic E-state index is 0.0540. The summed E-state index contributed by atoms with van der Waals surface area (Å²) in [4.78, 5) is 0. The summed E-state index contributed by atoms with van der Waals surface area (Å²) in [5, 5.41) is 0. The van der Waals surface area contributed by atoms with Gasteiger partial charge in [0.15, 0.2) is 0 Å². The van der Waals surface area contributed by atoms with Gasteiger partial charge in [0, 0.05) is 13.0 Å². The highest BCUT2D eigenvalue weighted by atomic mass is 16.5. The van der Waals surface area contributed by atoms with Crippen LogP contribution in [0.1, 0.15) is 103 Å². The summed E-state index contributed by atoms with van der Waals surface area (Å²) >= 11 is 0. The Morgan fingerprint density at radius 3 is 2.07 bits per heavy atom. The van der Waals surface area contributed by atoms with Gasteiger partial charge in [0.05, 0.1) is 5.60 Å². The molecule has 0 aromatic rings. The SMILES string of the molecule is CCCCCCCCC(C1CCCC1)C(OC)(C1C=CC=C1)C1CCCC1. The third-order valence-electron chi connectivity index (χ3n) is 8.03. The van der Waals surface area contributed by atoms with Crippen molar-refractivity contribution >= 4 is 0 Å². The van der Waals surface area contributed by atoms with Crippen molar-refractivity contribution in [1.29, 1.82) is 0 Å². The summed E-state index contributed by atoms with van der Waals surface area (Å²) in [5.41, 5.74) is 0.0540. The Morgan fingerprint density at radius 1 is 0.852 bits per heavy atom. The quantitative estimate of drug-likeness (QED) is 0.317. The van der Waals surface area contributed by atoms with Gasteiger partial charge in [0.1, 0.15) is 0 Å². The van der Waals surface area contributed by atoms with E-state index in [1.54, 1.807) is 0 Å². The van der Waals surface area contributed by atoms with Gasteiger partial charge in [-0.05, 0) is 37.0 Å². The van der Waals surface area contributed by atoms with Gasteiger partial charge in [-0.1, -0.05) is 108 Å². The summed E-state index contributed by atoms with van der Waals surface area (Å²) in [6, 6.07) is 0. The van der Waals surface area contributed by atoms with Crippen LogP contribution in [0.15, 0.2) is 24.3 Å². The summed E-state index contributed by atoms with van der Waals surface area (Å²) in [6.45, 7) is 2.31. The molecule has 3 aliphatic rings. The van der Waals surface area contributed by atoms with E-state index in [0.717, 1.165) is 17.8 Å². The maximum absolute atomic E-state index is 6.67. The van der Waals surface area contributed by atoms with Gasteiger partial charge >= 0.3 is 0 Å². The molecule has 1 heteroatoms.